The maximum Gasteiger partial charge on any atom is 0.274 e. The Morgan fingerprint density at radius 1 is 1.23 bits per heavy atom. The minimum atomic E-state index is -0.219. The second kappa shape index (κ2) is 9.00. The number of aryl methyl sites for hydroxylation is 1. The van der Waals surface area contributed by atoms with Crippen molar-refractivity contribution in [1.82, 2.24) is 20.1 Å². The van der Waals surface area contributed by atoms with Crippen LogP contribution in [-0.2, 0) is 6.42 Å². The summed E-state index contributed by atoms with van der Waals surface area (Å²) < 4.78 is 13.6. The van der Waals surface area contributed by atoms with Crippen molar-refractivity contribution >= 4 is 5.91 Å². The maximum absolute atomic E-state index is 13.6. The van der Waals surface area contributed by atoms with Crippen LogP contribution in [0.25, 0.3) is 0 Å². The third-order valence-electron chi connectivity index (χ3n) is 5.90. The molecular formula is C25H29FN4O. The summed E-state index contributed by atoms with van der Waals surface area (Å²) in [7, 11) is 0. The first-order chi connectivity index (χ1) is 14.9. The van der Waals surface area contributed by atoms with E-state index in [0.29, 0.717) is 24.6 Å². The lowest BCUT2D eigenvalue weighted by Gasteiger charge is -2.32. The third kappa shape index (κ3) is 5.01. The van der Waals surface area contributed by atoms with Gasteiger partial charge in [0.15, 0.2) is 0 Å². The van der Waals surface area contributed by atoms with Crippen LogP contribution in [0.1, 0.15) is 77.2 Å². The standard InChI is InChI=1S/C25H29FN4O/c1-16(2)22-14-24(29-28-22)25(31)30-9-5-7-20(15-30)23-13-19(10-17(3)27-23)11-18-6-4-8-21(26)12-18/h4,6,8,10,12-14,16,20H,5,7,9,11,15H2,1-3H3,(H,28,29)/t20-/m0/s1. The minimum absolute atomic E-state index is 0.0273. The van der Waals surface area contributed by atoms with Crippen LogP contribution >= 0.6 is 0 Å². The number of pyridine rings is 1. The number of rotatable bonds is 5. The van der Waals surface area contributed by atoms with Crippen molar-refractivity contribution in [1.29, 1.82) is 0 Å². The molecule has 1 amide bonds. The molecule has 1 aliphatic rings. The highest BCUT2D eigenvalue weighted by atomic mass is 19.1. The van der Waals surface area contributed by atoms with Gasteiger partial charge in [-0.1, -0.05) is 26.0 Å². The molecule has 1 atom stereocenters. The zero-order valence-corrected chi connectivity index (χ0v) is 18.4. The predicted octanol–water partition coefficient (Wildman–Crippen LogP) is 4.99. The van der Waals surface area contributed by atoms with Gasteiger partial charge < -0.3 is 4.90 Å². The zero-order valence-electron chi connectivity index (χ0n) is 18.4. The molecule has 0 aliphatic carbocycles. The Labute approximate surface area is 182 Å². The first kappa shape index (κ1) is 21.2. The van der Waals surface area contributed by atoms with Gasteiger partial charge in [0.2, 0.25) is 0 Å². The summed E-state index contributed by atoms with van der Waals surface area (Å²) in [5.41, 5.74) is 5.46. The highest BCUT2D eigenvalue weighted by Crippen LogP contribution is 2.28. The van der Waals surface area contributed by atoms with Crippen molar-refractivity contribution in [3.8, 4) is 0 Å². The number of hydrogen-bond donors (Lipinski definition) is 1. The molecule has 1 saturated heterocycles. The van der Waals surface area contributed by atoms with Crippen LogP contribution in [0.15, 0.2) is 42.5 Å². The van der Waals surface area contributed by atoms with Gasteiger partial charge in [0, 0.05) is 36.1 Å². The van der Waals surface area contributed by atoms with E-state index >= 15 is 0 Å². The van der Waals surface area contributed by atoms with Crippen molar-refractivity contribution in [2.75, 3.05) is 13.1 Å². The minimum Gasteiger partial charge on any atom is -0.337 e. The summed E-state index contributed by atoms with van der Waals surface area (Å²) in [4.78, 5) is 19.7. The second-order valence-electron chi connectivity index (χ2n) is 8.80. The molecule has 4 rings (SSSR count). The van der Waals surface area contributed by atoms with E-state index in [-0.39, 0.29) is 17.6 Å². The second-order valence-corrected chi connectivity index (χ2v) is 8.80. The van der Waals surface area contributed by atoms with E-state index in [9.17, 15) is 9.18 Å². The molecule has 3 aromatic rings. The number of carbonyl (C=O) groups is 1. The number of benzene rings is 1. The Kier molecular flexibility index (Phi) is 6.16. The number of hydrogen-bond acceptors (Lipinski definition) is 3. The van der Waals surface area contributed by atoms with Gasteiger partial charge in [0.1, 0.15) is 11.5 Å². The predicted molar refractivity (Wildman–Crippen MR) is 119 cm³/mol. The number of H-pyrrole nitrogens is 1. The van der Waals surface area contributed by atoms with Gasteiger partial charge >= 0.3 is 0 Å². The smallest absolute Gasteiger partial charge is 0.274 e. The van der Waals surface area contributed by atoms with Crippen molar-refractivity contribution < 1.29 is 9.18 Å². The fourth-order valence-electron chi connectivity index (χ4n) is 4.27. The number of nitrogens with one attached hydrogen (secondary N) is 1. The lowest BCUT2D eigenvalue weighted by Crippen LogP contribution is -2.39. The SMILES string of the molecule is Cc1cc(Cc2cccc(F)c2)cc([C@H]2CCCN(C(=O)c3cc(C(C)C)[nH]n3)C2)n1. The molecule has 0 spiro atoms. The van der Waals surface area contributed by atoms with Gasteiger partial charge in [-0.25, -0.2) is 4.39 Å². The summed E-state index contributed by atoms with van der Waals surface area (Å²) in [5.74, 6) is 0.243. The summed E-state index contributed by atoms with van der Waals surface area (Å²) in [5, 5.41) is 7.20. The van der Waals surface area contributed by atoms with Gasteiger partial charge in [0.05, 0.1) is 0 Å². The largest absolute Gasteiger partial charge is 0.337 e. The van der Waals surface area contributed by atoms with Crippen molar-refractivity contribution in [2.24, 2.45) is 0 Å². The Hall–Kier alpha value is -3.02. The molecule has 1 aromatic carbocycles. The molecule has 1 fully saturated rings. The van der Waals surface area contributed by atoms with Crippen LogP contribution in [0, 0.1) is 12.7 Å². The number of nitrogens with zero attached hydrogens (tertiary/aromatic N) is 3. The lowest BCUT2D eigenvalue weighted by atomic mass is 9.92. The molecule has 0 bridgehead atoms. The first-order valence-electron chi connectivity index (χ1n) is 11.0. The molecule has 1 aliphatic heterocycles. The molecule has 0 unspecified atom stereocenters. The maximum atomic E-state index is 13.6. The van der Waals surface area contributed by atoms with E-state index in [0.717, 1.165) is 47.6 Å². The van der Waals surface area contributed by atoms with E-state index in [4.69, 9.17) is 4.98 Å². The fourth-order valence-corrected chi connectivity index (χ4v) is 4.27. The van der Waals surface area contributed by atoms with Crippen molar-refractivity contribution in [2.45, 2.75) is 51.9 Å². The highest BCUT2D eigenvalue weighted by molar-refractivity contribution is 5.92. The van der Waals surface area contributed by atoms with Crippen LogP contribution in [0.4, 0.5) is 4.39 Å². The normalized spacial score (nSPS) is 16.7. The van der Waals surface area contributed by atoms with Crippen molar-refractivity contribution in [3.63, 3.8) is 0 Å². The average Bonchev–Trinajstić information content (AvgIpc) is 3.23. The molecule has 0 saturated carbocycles. The molecule has 1 N–H and O–H groups in total. The number of piperidine rings is 1. The van der Waals surface area contributed by atoms with Gasteiger partial charge in [-0.05, 0) is 73.6 Å². The average molecular weight is 421 g/mol. The van der Waals surface area contributed by atoms with E-state index in [1.165, 1.54) is 6.07 Å². The van der Waals surface area contributed by atoms with Crippen LogP contribution in [0.2, 0.25) is 0 Å². The van der Waals surface area contributed by atoms with Gasteiger partial charge in [0.25, 0.3) is 5.91 Å². The van der Waals surface area contributed by atoms with Crippen LogP contribution in [0.5, 0.6) is 0 Å². The molecule has 3 heterocycles. The number of aromatic nitrogens is 3. The lowest BCUT2D eigenvalue weighted by molar-refractivity contribution is 0.0700. The third-order valence-corrected chi connectivity index (χ3v) is 5.90. The molecule has 5 nitrogen and oxygen atoms in total. The van der Waals surface area contributed by atoms with Crippen LogP contribution < -0.4 is 0 Å². The van der Waals surface area contributed by atoms with E-state index < -0.39 is 0 Å². The topological polar surface area (TPSA) is 61.9 Å². The Morgan fingerprint density at radius 2 is 2.06 bits per heavy atom. The van der Waals surface area contributed by atoms with E-state index in [1.54, 1.807) is 12.1 Å². The number of amides is 1. The molecule has 0 radical (unpaired) electrons. The fraction of sp³-hybridized carbons (Fsp3) is 0.400. The number of likely N-dealkylation sites (tertiary alicyclic amines) is 1. The van der Waals surface area contributed by atoms with Gasteiger partial charge in [-0.2, -0.15) is 5.10 Å². The summed E-state index contributed by atoms with van der Waals surface area (Å²) >= 11 is 0. The molecule has 31 heavy (non-hydrogen) atoms. The first-order valence-corrected chi connectivity index (χ1v) is 11.0. The zero-order chi connectivity index (χ0) is 22.0. The molecular weight excluding hydrogens is 391 g/mol. The van der Waals surface area contributed by atoms with Crippen molar-refractivity contribution in [3.05, 3.63) is 82.2 Å². The Balaban J connectivity index is 1.51. The Bertz CT molecular complexity index is 1070. The van der Waals surface area contributed by atoms with E-state index in [1.807, 2.05) is 24.0 Å². The van der Waals surface area contributed by atoms with E-state index in [2.05, 4.69) is 36.2 Å². The molecule has 6 heteroatoms. The summed E-state index contributed by atoms with van der Waals surface area (Å²) in [6, 6.07) is 12.7. The van der Waals surface area contributed by atoms with Gasteiger partial charge in [-0.3, -0.25) is 14.9 Å². The van der Waals surface area contributed by atoms with Crippen LogP contribution in [0.3, 0.4) is 0 Å². The highest BCUT2D eigenvalue weighted by Gasteiger charge is 2.28. The summed E-state index contributed by atoms with van der Waals surface area (Å²) in [6.45, 7) is 7.51. The summed E-state index contributed by atoms with van der Waals surface area (Å²) in [6.07, 6.45) is 2.60. The monoisotopic (exact) mass is 420 g/mol. The number of carbonyl (C=O) groups excluding carboxylic acids is 1. The Morgan fingerprint density at radius 3 is 2.81 bits per heavy atom. The number of halogens is 1. The quantitative estimate of drug-likeness (QED) is 0.633. The number of aromatic amines is 1. The molecule has 162 valence electrons. The van der Waals surface area contributed by atoms with Crippen LogP contribution in [-0.4, -0.2) is 39.1 Å². The molecule has 2 aromatic heterocycles. The van der Waals surface area contributed by atoms with Gasteiger partial charge in [-0.15, -0.1) is 0 Å².